The van der Waals surface area contributed by atoms with Crippen molar-refractivity contribution < 1.29 is 4.42 Å². The summed E-state index contributed by atoms with van der Waals surface area (Å²) in [6.07, 6.45) is 2.53. The molecule has 1 aliphatic rings. The van der Waals surface area contributed by atoms with Gasteiger partial charge in [-0.25, -0.2) is 0 Å². The lowest BCUT2D eigenvalue weighted by molar-refractivity contribution is 0.121. The molecule has 2 rings (SSSR count). The summed E-state index contributed by atoms with van der Waals surface area (Å²) in [7, 11) is 0. The molecule has 3 heteroatoms. The monoisotopic (exact) mass is 222 g/mol. The molecule has 1 aliphatic heterocycles. The average Bonchev–Trinajstić information content (AvgIpc) is 2.75. The Morgan fingerprint density at radius 3 is 3.00 bits per heavy atom. The van der Waals surface area contributed by atoms with E-state index in [1.54, 1.807) is 0 Å². The topological polar surface area (TPSA) is 42.4 Å². The zero-order valence-corrected chi connectivity index (χ0v) is 10.3. The fraction of sp³-hybridized carbons (Fsp3) is 0.692. The minimum absolute atomic E-state index is 0.378. The molecule has 16 heavy (non-hydrogen) atoms. The van der Waals surface area contributed by atoms with Crippen molar-refractivity contribution in [2.24, 2.45) is 11.7 Å². The molecule has 2 heterocycles. The van der Waals surface area contributed by atoms with Gasteiger partial charge in [0.05, 0.1) is 6.04 Å². The largest absolute Gasteiger partial charge is 0.465 e. The van der Waals surface area contributed by atoms with E-state index in [0.717, 1.165) is 31.2 Å². The van der Waals surface area contributed by atoms with Gasteiger partial charge in [-0.05, 0) is 57.8 Å². The number of nitrogens with two attached hydrogens (primary N) is 1. The van der Waals surface area contributed by atoms with Crippen molar-refractivity contribution in [3.05, 3.63) is 23.7 Å². The van der Waals surface area contributed by atoms with Crippen LogP contribution in [-0.4, -0.2) is 24.5 Å². The molecule has 0 bridgehead atoms. The van der Waals surface area contributed by atoms with Crippen LogP contribution in [0.4, 0.5) is 0 Å². The van der Waals surface area contributed by atoms with Crippen LogP contribution in [0.25, 0.3) is 0 Å². The third-order valence-electron chi connectivity index (χ3n) is 3.60. The second-order valence-corrected chi connectivity index (χ2v) is 4.86. The number of likely N-dealkylation sites (tertiary alicyclic amines) is 1. The van der Waals surface area contributed by atoms with Crippen LogP contribution in [0.1, 0.15) is 37.3 Å². The molecule has 1 fully saturated rings. The lowest BCUT2D eigenvalue weighted by Gasteiger charge is -2.35. The first kappa shape index (κ1) is 11.7. The van der Waals surface area contributed by atoms with Crippen LogP contribution >= 0.6 is 0 Å². The van der Waals surface area contributed by atoms with E-state index in [2.05, 4.69) is 17.9 Å². The van der Waals surface area contributed by atoms with Crippen molar-refractivity contribution in [2.75, 3.05) is 19.6 Å². The van der Waals surface area contributed by atoms with Gasteiger partial charge in [0.25, 0.3) is 0 Å². The van der Waals surface area contributed by atoms with Gasteiger partial charge in [-0.15, -0.1) is 0 Å². The Balaban J connectivity index is 2.01. The maximum Gasteiger partial charge on any atom is 0.121 e. The molecule has 2 N–H and O–H groups in total. The SMILES string of the molecule is Cc1ccc(C(C)N2CCCC(CN)C2)o1. The number of piperidine rings is 1. The van der Waals surface area contributed by atoms with Crippen LogP contribution in [0, 0.1) is 12.8 Å². The predicted molar refractivity (Wildman–Crippen MR) is 65.2 cm³/mol. The van der Waals surface area contributed by atoms with Gasteiger partial charge in [0.2, 0.25) is 0 Å². The van der Waals surface area contributed by atoms with Gasteiger partial charge in [0, 0.05) is 6.54 Å². The number of hydrogen-bond acceptors (Lipinski definition) is 3. The van der Waals surface area contributed by atoms with Crippen molar-refractivity contribution in [1.29, 1.82) is 0 Å². The van der Waals surface area contributed by atoms with Gasteiger partial charge in [-0.2, -0.15) is 0 Å². The van der Waals surface area contributed by atoms with Crippen LogP contribution in [0.3, 0.4) is 0 Å². The summed E-state index contributed by atoms with van der Waals surface area (Å²) in [5, 5.41) is 0. The molecule has 0 spiro atoms. The predicted octanol–water partition coefficient (Wildman–Crippen LogP) is 2.32. The van der Waals surface area contributed by atoms with E-state index in [1.807, 2.05) is 13.0 Å². The number of rotatable bonds is 3. The third kappa shape index (κ3) is 2.47. The maximum atomic E-state index is 5.76. The zero-order valence-electron chi connectivity index (χ0n) is 10.3. The number of furan rings is 1. The Bertz CT molecular complexity index is 334. The highest BCUT2D eigenvalue weighted by Gasteiger charge is 2.24. The van der Waals surface area contributed by atoms with E-state index in [-0.39, 0.29) is 0 Å². The highest BCUT2D eigenvalue weighted by molar-refractivity contribution is 5.09. The van der Waals surface area contributed by atoms with Gasteiger partial charge in [0.1, 0.15) is 11.5 Å². The van der Waals surface area contributed by atoms with Crippen molar-refractivity contribution >= 4 is 0 Å². The lowest BCUT2D eigenvalue weighted by Crippen LogP contribution is -2.39. The lowest BCUT2D eigenvalue weighted by atomic mass is 9.97. The molecule has 1 aromatic rings. The highest BCUT2D eigenvalue weighted by Crippen LogP contribution is 2.27. The molecule has 0 radical (unpaired) electrons. The molecule has 0 aliphatic carbocycles. The van der Waals surface area contributed by atoms with Gasteiger partial charge in [-0.1, -0.05) is 0 Å². The van der Waals surface area contributed by atoms with E-state index in [0.29, 0.717) is 12.0 Å². The molecule has 2 atom stereocenters. The molecule has 3 nitrogen and oxygen atoms in total. The van der Waals surface area contributed by atoms with Crippen LogP contribution in [0.2, 0.25) is 0 Å². The average molecular weight is 222 g/mol. The molecule has 2 unspecified atom stereocenters. The minimum atomic E-state index is 0.378. The maximum absolute atomic E-state index is 5.76. The number of aryl methyl sites for hydroxylation is 1. The molecular formula is C13H22N2O. The van der Waals surface area contributed by atoms with Crippen molar-refractivity contribution in [3.8, 4) is 0 Å². The summed E-state index contributed by atoms with van der Waals surface area (Å²) in [5.74, 6) is 2.73. The van der Waals surface area contributed by atoms with E-state index < -0.39 is 0 Å². The van der Waals surface area contributed by atoms with E-state index in [4.69, 9.17) is 10.2 Å². The Hall–Kier alpha value is -0.800. The zero-order chi connectivity index (χ0) is 11.5. The molecular weight excluding hydrogens is 200 g/mol. The van der Waals surface area contributed by atoms with Crippen molar-refractivity contribution in [2.45, 2.75) is 32.7 Å². The fourth-order valence-corrected chi connectivity index (χ4v) is 2.50. The van der Waals surface area contributed by atoms with E-state index in [1.165, 1.54) is 12.8 Å². The summed E-state index contributed by atoms with van der Waals surface area (Å²) in [4.78, 5) is 2.49. The van der Waals surface area contributed by atoms with Crippen molar-refractivity contribution in [3.63, 3.8) is 0 Å². The second-order valence-electron chi connectivity index (χ2n) is 4.86. The molecule has 90 valence electrons. The Morgan fingerprint density at radius 2 is 2.38 bits per heavy atom. The normalized spacial score (nSPS) is 24.6. The summed E-state index contributed by atoms with van der Waals surface area (Å²) in [6.45, 7) is 7.29. The Morgan fingerprint density at radius 1 is 1.56 bits per heavy atom. The smallest absolute Gasteiger partial charge is 0.121 e. The van der Waals surface area contributed by atoms with Crippen LogP contribution in [-0.2, 0) is 0 Å². The Labute approximate surface area is 97.6 Å². The van der Waals surface area contributed by atoms with Gasteiger partial charge < -0.3 is 10.2 Å². The first-order chi connectivity index (χ1) is 7.70. The highest BCUT2D eigenvalue weighted by atomic mass is 16.3. The first-order valence-corrected chi connectivity index (χ1v) is 6.21. The fourth-order valence-electron chi connectivity index (χ4n) is 2.50. The number of hydrogen-bond donors (Lipinski definition) is 1. The van der Waals surface area contributed by atoms with E-state index >= 15 is 0 Å². The van der Waals surface area contributed by atoms with E-state index in [9.17, 15) is 0 Å². The van der Waals surface area contributed by atoms with Crippen molar-refractivity contribution in [1.82, 2.24) is 4.90 Å². The summed E-state index contributed by atoms with van der Waals surface area (Å²) in [5.41, 5.74) is 5.76. The van der Waals surface area contributed by atoms with Gasteiger partial charge in [0.15, 0.2) is 0 Å². The summed E-state index contributed by atoms with van der Waals surface area (Å²) in [6, 6.07) is 4.51. The third-order valence-corrected chi connectivity index (χ3v) is 3.60. The standard InChI is InChI=1S/C13H22N2O/c1-10-5-6-13(16-10)11(2)15-7-3-4-12(8-14)9-15/h5-6,11-12H,3-4,7-9,14H2,1-2H3. The number of nitrogens with zero attached hydrogens (tertiary/aromatic N) is 1. The molecule has 0 amide bonds. The quantitative estimate of drug-likeness (QED) is 0.853. The minimum Gasteiger partial charge on any atom is -0.465 e. The van der Waals surface area contributed by atoms with Crippen LogP contribution in [0.5, 0.6) is 0 Å². The van der Waals surface area contributed by atoms with Crippen LogP contribution < -0.4 is 5.73 Å². The first-order valence-electron chi connectivity index (χ1n) is 6.21. The second kappa shape index (κ2) is 5.02. The molecule has 1 aromatic heterocycles. The van der Waals surface area contributed by atoms with Gasteiger partial charge in [-0.3, -0.25) is 4.90 Å². The molecule has 0 aromatic carbocycles. The molecule has 0 saturated carbocycles. The van der Waals surface area contributed by atoms with Gasteiger partial charge >= 0.3 is 0 Å². The summed E-state index contributed by atoms with van der Waals surface area (Å²) >= 11 is 0. The van der Waals surface area contributed by atoms with Crippen LogP contribution in [0.15, 0.2) is 16.5 Å². The Kier molecular flexibility index (Phi) is 3.66. The summed E-state index contributed by atoms with van der Waals surface area (Å²) < 4.78 is 5.69. The molecule has 1 saturated heterocycles.